The van der Waals surface area contributed by atoms with E-state index in [9.17, 15) is 26.4 Å². The second kappa shape index (κ2) is 10.2. The van der Waals surface area contributed by atoms with Crippen molar-refractivity contribution in [2.75, 3.05) is 34.2 Å². The summed E-state index contributed by atoms with van der Waals surface area (Å²) < 4.78 is 67.3. The van der Waals surface area contributed by atoms with Gasteiger partial charge in [-0.25, -0.2) is 8.42 Å². The van der Waals surface area contributed by atoms with Gasteiger partial charge in [0.25, 0.3) is 10.0 Å². The van der Waals surface area contributed by atoms with Crippen LogP contribution >= 0.6 is 0 Å². The lowest BCUT2D eigenvalue weighted by molar-refractivity contribution is -0.170. The molecule has 0 spiro atoms. The van der Waals surface area contributed by atoms with Gasteiger partial charge in [0.15, 0.2) is 5.82 Å². The van der Waals surface area contributed by atoms with Crippen LogP contribution in [0.5, 0.6) is 0 Å². The van der Waals surface area contributed by atoms with Crippen LogP contribution in [-0.2, 0) is 21.2 Å². The Morgan fingerprint density at radius 1 is 0.895 bits per heavy atom. The van der Waals surface area contributed by atoms with E-state index in [4.69, 9.17) is 0 Å². The highest BCUT2D eigenvalue weighted by molar-refractivity contribution is 7.92. The van der Waals surface area contributed by atoms with Crippen LogP contribution in [0.25, 0.3) is 11.3 Å². The molecule has 5 rings (SSSR count). The van der Waals surface area contributed by atoms with Crippen LogP contribution in [0.15, 0.2) is 59.5 Å². The zero-order valence-electron chi connectivity index (χ0n) is 20.4. The van der Waals surface area contributed by atoms with E-state index in [0.717, 1.165) is 31.7 Å². The van der Waals surface area contributed by atoms with Crippen LogP contribution in [-0.4, -0.2) is 50.3 Å². The van der Waals surface area contributed by atoms with E-state index in [0.29, 0.717) is 27.4 Å². The Morgan fingerprint density at radius 3 is 2.34 bits per heavy atom. The predicted molar refractivity (Wildman–Crippen MR) is 138 cm³/mol. The van der Waals surface area contributed by atoms with Gasteiger partial charge in [-0.05, 0) is 67.3 Å². The fourth-order valence-corrected chi connectivity index (χ4v) is 5.91. The molecule has 0 atom stereocenters. The molecule has 8 nitrogen and oxygen atoms in total. The summed E-state index contributed by atoms with van der Waals surface area (Å²) in [6, 6.07) is 14.2. The Kier molecular flexibility index (Phi) is 6.99. The van der Waals surface area contributed by atoms with Crippen LogP contribution in [0.4, 0.5) is 30.4 Å². The third-order valence-electron chi connectivity index (χ3n) is 6.74. The maximum atomic E-state index is 13.1. The molecule has 2 aromatic carbocycles. The van der Waals surface area contributed by atoms with Gasteiger partial charge in [-0.3, -0.25) is 9.52 Å². The maximum Gasteiger partial charge on any atom is 0.471 e. The van der Waals surface area contributed by atoms with E-state index in [-0.39, 0.29) is 23.5 Å². The first-order valence-corrected chi connectivity index (χ1v) is 13.8. The summed E-state index contributed by atoms with van der Waals surface area (Å²) in [6.45, 7) is 1.74. The van der Waals surface area contributed by atoms with E-state index in [1.54, 1.807) is 24.3 Å². The van der Waals surface area contributed by atoms with Crippen molar-refractivity contribution in [3.63, 3.8) is 0 Å². The number of alkyl halides is 3. The fourth-order valence-electron chi connectivity index (χ4n) is 4.81. The Morgan fingerprint density at radius 2 is 1.66 bits per heavy atom. The summed E-state index contributed by atoms with van der Waals surface area (Å²) in [5.74, 6) is -1.15. The molecule has 0 bridgehead atoms. The molecule has 3 heterocycles. The molecular weight excluding hydrogens is 519 g/mol. The SMILES string of the molecule is O=C(N1CCc2cc(S(=O)(=O)Nc3cccc(-c4ccc(N5CCCCCC5)nn4)c3)ccc21)C(F)(F)F. The Bertz CT molecular complexity index is 1440. The van der Waals surface area contributed by atoms with E-state index < -0.39 is 22.1 Å². The Balaban J connectivity index is 1.32. The van der Waals surface area contributed by atoms with Crippen molar-refractivity contribution in [3.8, 4) is 11.3 Å². The average Bonchev–Trinajstić information content (AvgIpc) is 3.12. The first-order chi connectivity index (χ1) is 18.1. The quantitative estimate of drug-likeness (QED) is 0.496. The summed E-state index contributed by atoms with van der Waals surface area (Å²) in [5, 5.41) is 8.73. The van der Waals surface area contributed by atoms with Crippen LogP contribution in [0.3, 0.4) is 0 Å². The van der Waals surface area contributed by atoms with Crippen molar-refractivity contribution in [1.29, 1.82) is 0 Å². The highest BCUT2D eigenvalue weighted by Crippen LogP contribution is 2.34. The smallest absolute Gasteiger partial charge is 0.355 e. The van der Waals surface area contributed by atoms with Crippen LogP contribution in [0.1, 0.15) is 31.2 Å². The van der Waals surface area contributed by atoms with Gasteiger partial charge >= 0.3 is 12.1 Å². The second-order valence-corrected chi connectivity index (χ2v) is 11.0. The number of benzene rings is 2. The lowest BCUT2D eigenvalue weighted by Gasteiger charge is -2.20. The van der Waals surface area contributed by atoms with Gasteiger partial charge in [-0.15, -0.1) is 10.2 Å². The molecule has 2 aliphatic rings. The lowest BCUT2D eigenvalue weighted by Crippen LogP contribution is -2.40. The molecule has 0 radical (unpaired) electrons. The largest absolute Gasteiger partial charge is 0.471 e. The standard InChI is InChI=1S/C26H26F3N5O3S/c27-26(28,29)25(35)34-15-12-19-17-21(8-10-23(19)34)38(36,37)32-20-7-5-6-18(16-20)22-9-11-24(31-30-22)33-13-3-1-2-4-14-33/h5-11,16-17,32H,1-4,12-15H2. The summed E-state index contributed by atoms with van der Waals surface area (Å²) in [5.41, 5.74) is 2.00. The number of fused-ring (bicyclic) bond motifs is 1. The molecular formula is C26H26F3N5O3S. The van der Waals surface area contributed by atoms with Gasteiger partial charge in [-0.2, -0.15) is 13.2 Å². The number of nitrogens with one attached hydrogen (secondary N) is 1. The number of carbonyl (C=O) groups is 1. The van der Waals surface area contributed by atoms with Crippen molar-refractivity contribution in [3.05, 3.63) is 60.2 Å². The normalized spacial score (nSPS) is 16.2. The fraction of sp³-hybridized carbons (Fsp3) is 0.346. The zero-order valence-corrected chi connectivity index (χ0v) is 21.2. The summed E-state index contributed by atoms with van der Waals surface area (Å²) >= 11 is 0. The predicted octanol–water partition coefficient (Wildman–Crippen LogP) is 4.78. The van der Waals surface area contributed by atoms with Crippen molar-refractivity contribution >= 4 is 33.1 Å². The second-order valence-electron chi connectivity index (χ2n) is 9.36. The Labute approximate surface area is 218 Å². The highest BCUT2D eigenvalue weighted by Gasteiger charge is 2.44. The van der Waals surface area contributed by atoms with E-state index >= 15 is 0 Å². The van der Waals surface area contributed by atoms with Crippen LogP contribution < -0.4 is 14.5 Å². The van der Waals surface area contributed by atoms with Crippen molar-refractivity contribution < 1.29 is 26.4 Å². The minimum atomic E-state index is -5.00. The van der Waals surface area contributed by atoms with Gasteiger partial charge in [0, 0.05) is 36.6 Å². The molecule has 1 aromatic heterocycles. The molecule has 1 N–H and O–H groups in total. The van der Waals surface area contributed by atoms with Crippen LogP contribution in [0.2, 0.25) is 0 Å². The molecule has 0 aliphatic carbocycles. The number of carbonyl (C=O) groups excluding carboxylic acids is 1. The minimum Gasteiger partial charge on any atom is -0.355 e. The van der Waals surface area contributed by atoms with Gasteiger partial charge in [0.05, 0.1) is 10.6 Å². The monoisotopic (exact) mass is 545 g/mol. The molecule has 200 valence electrons. The summed E-state index contributed by atoms with van der Waals surface area (Å²) in [4.78, 5) is 14.4. The van der Waals surface area contributed by atoms with Crippen LogP contribution in [0, 0.1) is 0 Å². The van der Waals surface area contributed by atoms with Crippen molar-refractivity contribution in [2.45, 2.75) is 43.2 Å². The average molecular weight is 546 g/mol. The van der Waals surface area contributed by atoms with Crippen molar-refractivity contribution in [1.82, 2.24) is 10.2 Å². The zero-order chi connectivity index (χ0) is 26.9. The van der Waals surface area contributed by atoms with Gasteiger partial charge in [0.1, 0.15) is 0 Å². The Hall–Kier alpha value is -3.67. The number of amides is 1. The maximum absolute atomic E-state index is 13.1. The molecule has 12 heteroatoms. The topological polar surface area (TPSA) is 95.5 Å². The number of anilines is 3. The number of rotatable bonds is 5. The van der Waals surface area contributed by atoms with Gasteiger partial charge < -0.3 is 9.80 Å². The van der Waals surface area contributed by atoms with E-state index in [1.807, 2.05) is 12.1 Å². The number of halogens is 3. The molecule has 1 fully saturated rings. The molecule has 38 heavy (non-hydrogen) atoms. The minimum absolute atomic E-state index is 0.0652. The number of hydrogen-bond donors (Lipinski definition) is 1. The summed E-state index contributed by atoms with van der Waals surface area (Å²) in [6.07, 6.45) is -0.198. The molecule has 0 unspecified atom stereocenters. The number of sulfonamides is 1. The van der Waals surface area contributed by atoms with E-state index in [1.165, 1.54) is 31.0 Å². The van der Waals surface area contributed by atoms with E-state index in [2.05, 4.69) is 19.8 Å². The lowest BCUT2D eigenvalue weighted by atomic mass is 10.1. The third kappa shape index (κ3) is 5.45. The first kappa shape index (κ1) is 26.0. The number of hydrogen-bond acceptors (Lipinski definition) is 6. The highest BCUT2D eigenvalue weighted by atomic mass is 32.2. The molecule has 3 aromatic rings. The molecule has 2 aliphatic heterocycles. The van der Waals surface area contributed by atoms with Gasteiger partial charge in [0.2, 0.25) is 0 Å². The van der Waals surface area contributed by atoms with Crippen molar-refractivity contribution in [2.24, 2.45) is 0 Å². The molecule has 0 saturated carbocycles. The summed E-state index contributed by atoms with van der Waals surface area (Å²) in [7, 11) is -4.04. The third-order valence-corrected chi connectivity index (χ3v) is 8.11. The van der Waals surface area contributed by atoms with Gasteiger partial charge in [-0.1, -0.05) is 25.0 Å². The molecule has 1 saturated heterocycles. The number of nitrogens with zero attached hydrogens (tertiary/aromatic N) is 4. The molecule has 1 amide bonds. The first-order valence-electron chi connectivity index (χ1n) is 12.4. The number of aromatic nitrogens is 2.